The SMILES string of the molecule is Cc1cnc(NC(=O)c2cn(CC(=O)O)nn2)s1. The number of hydrogen-bond donors (Lipinski definition) is 2. The van der Waals surface area contributed by atoms with Gasteiger partial charge in [-0.25, -0.2) is 9.67 Å². The summed E-state index contributed by atoms with van der Waals surface area (Å²) < 4.78 is 1.07. The molecule has 94 valence electrons. The van der Waals surface area contributed by atoms with Gasteiger partial charge in [0.05, 0.1) is 6.20 Å². The molecule has 0 fully saturated rings. The Hall–Kier alpha value is -2.29. The third-order valence-electron chi connectivity index (χ3n) is 1.91. The molecule has 0 saturated heterocycles. The highest BCUT2D eigenvalue weighted by Crippen LogP contribution is 2.16. The molecule has 2 heterocycles. The first-order valence-electron chi connectivity index (χ1n) is 4.90. The summed E-state index contributed by atoms with van der Waals surface area (Å²) in [6.07, 6.45) is 2.91. The lowest BCUT2D eigenvalue weighted by Crippen LogP contribution is -2.12. The van der Waals surface area contributed by atoms with Crippen LogP contribution in [0.3, 0.4) is 0 Å². The van der Waals surface area contributed by atoms with Gasteiger partial charge in [-0.2, -0.15) is 0 Å². The predicted molar refractivity (Wildman–Crippen MR) is 62.5 cm³/mol. The molecule has 8 nitrogen and oxygen atoms in total. The Morgan fingerprint density at radius 2 is 2.33 bits per heavy atom. The van der Waals surface area contributed by atoms with E-state index in [2.05, 4.69) is 20.6 Å². The number of amides is 1. The molecular weight excluding hydrogens is 258 g/mol. The van der Waals surface area contributed by atoms with Gasteiger partial charge in [-0.05, 0) is 6.92 Å². The molecule has 0 saturated carbocycles. The average molecular weight is 267 g/mol. The van der Waals surface area contributed by atoms with Crippen molar-refractivity contribution < 1.29 is 14.7 Å². The van der Waals surface area contributed by atoms with Crippen molar-refractivity contribution in [2.45, 2.75) is 13.5 Å². The van der Waals surface area contributed by atoms with E-state index in [4.69, 9.17) is 5.11 Å². The molecule has 0 bridgehead atoms. The summed E-state index contributed by atoms with van der Waals surface area (Å²) in [5.41, 5.74) is 0.0455. The predicted octanol–water partition coefficient (Wildman–Crippen LogP) is 0.380. The van der Waals surface area contributed by atoms with E-state index in [1.54, 1.807) is 6.20 Å². The van der Waals surface area contributed by atoms with Gasteiger partial charge >= 0.3 is 5.97 Å². The summed E-state index contributed by atoms with van der Waals surface area (Å²) in [6, 6.07) is 0. The van der Waals surface area contributed by atoms with Gasteiger partial charge in [-0.3, -0.25) is 14.9 Å². The van der Waals surface area contributed by atoms with Crippen molar-refractivity contribution in [1.82, 2.24) is 20.0 Å². The van der Waals surface area contributed by atoms with Gasteiger partial charge in [-0.15, -0.1) is 16.4 Å². The number of rotatable bonds is 4. The number of aromatic nitrogens is 4. The van der Waals surface area contributed by atoms with E-state index >= 15 is 0 Å². The summed E-state index contributed by atoms with van der Waals surface area (Å²) in [7, 11) is 0. The van der Waals surface area contributed by atoms with Crippen molar-refractivity contribution in [3.63, 3.8) is 0 Å². The summed E-state index contributed by atoms with van der Waals surface area (Å²) >= 11 is 1.34. The summed E-state index contributed by atoms with van der Waals surface area (Å²) in [5, 5.41) is 18.7. The molecule has 0 atom stereocenters. The third kappa shape index (κ3) is 2.88. The second-order valence-electron chi connectivity index (χ2n) is 3.43. The lowest BCUT2D eigenvalue weighted by Gasteiger charge is -1.96. The van der Waals surface area contributed by atoms with Gasteiger partial charge in [0.2, 0.25) is 0 Å². The maximum Gasteiger partial charge on any atom is 0.325 e. The second kappa shape index (κ2) is 4.92. The molecule has 2 aromatic rings. The highest BCUT2D eigenvalue weighted by atomic mass is 32.1. The zero-order chi connectivity index (χ0) is 13.1. The Labute approximate surface area is 105 Å². The van der Waals surface area contributed by atoms with Crippen LogP contribution in [-0.4, -0.2) is 37.0 Å². The van der Waals surface area contributed by atoms with Crippen molar-refractivity contribution in [2.75, 3.05) is 5.32 Å². The average Bonchev–Trinajstić information content (AvgIpc) is 2.87. The smallest absolute Gasteiger partial charge is 0.325 e. The first kappa shape index (κ1) is 12.2. The van der Waals surface area contributed by atoms with Crippen molar-refractivity contribution in [1.29, 1.82) is 0 Å². The molecule has 0 radical (unpaired) electrons. The Kier molecular flexibility index (Phi) is 3.33. The molecule has 0 aliphatic carbocycles. The fourth-order valence-corrected chi connectivity index (χ4v) is 1.85. The Balaban J connectivity index is 2.05. The standard InChI is InChI=1S/C9H9N5O3S/c1-5-2-10-9(18-5)11-8(17)6-3-14(13-12-6)4-7(15)16/h2-3H,4H2,1H3,(H,15,16)(H,10,11,17). The number of aryl methyl sites for hydroxylation is 1. The maximum atomic E-state index is 11.7. The Bertz CT molecular complexity index is 591. The molecule has 0 aliphatic rings. The molecule has 2 rings (SSSR count). The third-order valence-corrected chi connectivity index (χ3v) is 2.74. The van der Waals surface area contributed by atoms with Crippen LogP contribution in [0.25, 0.3) is 0 Å². The number of aliphatic carboxylic acids is 1. The molecule has 0 spiro atoms. The number of carboxylic acids is 1. The number of nitrogens with one attached hydrogen (secondary N) is 1. The van der Waals surface area contributed by atoms with E-state index in [1.807, 2.05) is 6.92 Å². The van der Waals surface area contributed by atoms with Gasteiger partial charge in [0.25, 0.3) is 5.91 Å². The summed E-state index contributed by atoms with van der Waals surface area (Å²) in [5.74, 6) is -1.52. The second-order valence-corrected chi connectivity index (χ2v) is 4.66. The van der Waals surface area contributed by atoms with Crippen LogP contribution in [0.5, 0.6) is 0 Å². The number of carbonyl (C=O) groups excluding carboxylic acids is 1. The van der Waals surface area contributed by atoms with E-state index in [1.165, 1.54) is 17.5 Å². The van der Waals surface area contributed by atoms with Gasteiger partial charge < -0.3 is 5.11 Å². The van der Waals surface area contributed by atoms with Crippen LogP contribution in [0.15, 0.2) is 12.4 Å². The zero-order valence-corrected chi connectivity index (χ0v) is 10.1. The Morgan fingerprint density at radius 3 is 2.94 bits per heavy atom. The van der Waals surface area contributed by atoms with Gasteiger partial charge in [0.1, 0.15) is 6.54 Å². The lowest BCUT2D eigenvalue weighted by atomic mass is 10.4. The minimum Gasteiger partial charge on any atom is -0.480 e. The van der Waals surface area contributed by atoms with E-state index in [0.717, 1.165) is 9.56 Å². The molecule has 2 aromatic heterocycles. The topological polar surface area (TPSA) is 110 Å². The minimum atomic E-state index is -1.05. The van der Waals surface area contributed by atoms with Crippen LogP contribution in [0.1, 0.15) is 15.4 Å². The zero-order valence-electron chi connectivity index (χ0n) is 9.32. The van der Waals surface area contributed by atoms with Crippen molar-refractivity contribution in [2.24, 2.45) is 0 Å². The van der Waals surface area contributed by atoms with Crippen molar-refractivity contribution >= 4 is 28.3 Å². The van der Waals surface area contributed by atoms with Crippen LogP contribution in [0, 0.1) is 6.92 Å². The van der Waals surface area contributed by atoms with E-state index in [-0.39, 0.29) is 12.2 Å². The van der Waals surface area contributed by atoms with Crippen molar-refractivity contribution in [3.8, 4) is 0 Å². The van der Waals surface area contributed by atoms with E-state index < -0.39 is 11.9 Å². The van der Waals surface area contributed by atoms with Gasteiger partial charge in [0.15, 0.2) is 10.8 Å². The number of nitrogens with zero attached hydrogens (tertiary/aromatic N) is 4. The first-order chi connectivity index (χ1) is 8.54. The quantitative estimate of drug-likeness (QED) is 0.828. The molecule has 9 heteroatoms. The van der Waals surface area contributed by atoms with Crippen LogP contribution in [0.2, 0.25) is 0 Å². The largest absolute Gasteiger partial charge is 0.480 e. The molecule has 0 unspecified atom stereocenters. The number of thiazole rings is 1. The number of hydrogen-bond acceptors (Lipinski definition) is 6. The molecule has 1 amide bonds. The minimum absolute atomic E-state index is 0.0455. The lowest BCUT2D eigenvalue weighted by molar-refractivity contribution is -0.137. The Morgan fingerprint density at radius 1 is 1.56 bits per heavy atom. The number of carbonyl (C=O) groups is 2. The monoisotopic (exact) mass is 267 g/mol. The highest BCUT2D eigenvalue weighted by molar-refractivity contribution is 7.15. The van der Waals surface area contributed by atoms with Crippen molar-refractivity contribution in [3.05, 3.63) is 23.0 Å². The van der Waals surface area contributed by atoms with Gasteiger partial charge in [-0.1, -0.05) is 5.21 Å². The number of carboxylic acid groups (broad SMARTS) is 1. The molecule has 2 N–H and O–H groups in total. The van der Waals surface area contributed by atoms with Gasteiger partial charge in [0, 0.05) is 11.1 Å². The molecule has 0 aromatic carbocycles. The summed E-state index contributed by atoms with van der Waals surface area (Å²) in [4.78, 5) is 27.1. The first-order valence-corrected chi connectivity index (χ1v) is 5.72. The fraction of sp³-hybridized carbons (Fsp3) is 0.222. The molecule has 18 heavy (non-hydrogen) atoms. The van der Waals surface area contributed by atoms with E-state index in [0.29, 0.717) is 5.13 Å². The normalized spacial score (nSPS) is 10.3. The molecule has 0 aliphatic heterocycles. The molecular formula is C9H9N5O3S. The van der Waals surface area contributed by atoms with E-state index in [9.17, 15) is 9.59 Å². The maximum absolute atomic E-state index is 11.7. The van der Waals surface area contributed by atoms with Crippen LogP contribution < -0.4 is 5.32 Å². The fourth-order valence-electron chi connectivity index (χ4n) is 1.19. The number of anilines is 1. The van der Waals surface area contributed by atoms with Crippen LogP contribution >= 0.6 is 11.3 Å². The highest BCUT2D eigenvalue weighted by Gasteiger charge is 2.13. The van der Waals surface area contributed by atoms with Crippen LogP contribution in [0.4, 0.5) is 5.13 Å². The summed E-state index contributed by atoms with van der Waals surface area (Å²) in [6.45, 7) is 1.53. The van der Waals surface area contributed by atoms with Crippen LogP contribution in [-0.2, 0) is 11.3 Å².